The minimum Gasteiger partial charge on any atom is -0.374 e. The van der Waals surface area contributed by atoms with Crippen molar-refractivity contribution in [2.45, 2.75) is 38.4 Å². The van der Waals surface area contributed by atoms with Crippen LogP contribution in [0.5, 0.6) is 0 Å². The highest BCUT2D eigenvalue weighted by atomic mass is 35.5. The van der Waals surface area contributed by atoms with E-state index in [2.05, 4.69) is 0 Å². The third kappa shape index (κ3) is 5.64. The molecule has 0 aromatic heterocycles. The average Bonchev–Trinajstić information content (AvgIpc) is 2.68. The zero-order valence-corrected chi connectivity index (χ0v) is 15.3. The fourth-order valence-electron chi connectivity index (χ4n) is 2.99. The molecule has 1 aliphatic heterocycles. The molecular formula is C21H23ClO4. The van der Waals surface area contributed by atoms with Gasteiger partial charge in [0.2, 0.25) is 5.24 Å². The Hall–Kier alpha value is -1.72. The third-order valence-electron chi connectivity index (χ3n) is 4.42. The Kier molecular flexibility index (Phi) is 7.21. The maximum atomic E-state index is 11.7. The fraction of sp³-hybridized carbons (Fsp3) is 0.381. The summed E-state index contributed by atoms with van der Waals surface area (Å²) in [5.74, 6) is -0.439. The Morgan fingerprint density at radius 2 is 1.58 bits per heavy atom. The molecule has 1 saturated heterocycles. The van der Waals surface area contributed by atoms with Crippen LogP contribution in [0.25, 0.3) is 0 Å². The molecule has 0 amide bonds. The fourth-order valence-corrected chi connectivity index (χ4v) is 3.20. The van der Waals surface area contributed by atoms with Gasteiger partial charge in [-0.2, -0.15) is 0 Å². The summed E-state index contributed by atoms with van der Waals surface area (Å²) in [7, 11) is 0. The van der Waals surface area contributed by atoms with Crippen molar-refractivity contribution >= 4 is 16.8 Å². The lowest BCUT2D eigenvalue weighted by molar-refractivity contribution is -0.231. The highest BCUT2D eigenvalue weighted by molar-refractivity contribution is 6.64. The summed E-state index contributed by atoms with van der Waals surface area (Å²) in [4.78, 5) is 11.7. The Morgan fingerprint density at radius 3 is 2.19 bits per heavy atom. The summed E-state index contributed by atoms with van der Waals surface area (Å²) in [5, 5.41) is -0.410. The van der Waals surface area contributed by atoms with Crippen LogP contribution >= 0.6 is 11.6 Å². The van der Waals surface area contributed by atoms with E-state index in [9.17, 15) is 4.79 Å². The van der Waals surface area contributed by atoms with Crippen LogP contribution in [-0.4, -0.2) is 24.2 Å². The summed E-state index contributed by atoms with van der Waals surface area (Å²) in [6.07, 6.45) is 0.621. The number of halogens is 1. The first-order chi connectivity index (χ1) is 12.7. The van der Waals surface area contributed by atoms with Gasteiger partial charge in [-0.15, -0.1) is 0 Å². The molecule has 3 unspecified atom stereocenters. The van der Waals surface area contributed by atoms with E-state index in [4.69, 9.17) is 25.8 Å². The molecule has 0 bridgehead atoms. The predicted molar refractivity (Wildman–Crippen MR) is 99.6 cm³/mol. The Balaban J connectivity index is 1.50. The monoisotopic (exact) mass is 374 g/mol. The van der Waals surface area contributed by atoms with Crippen molar-refractivity contribution in [3.05, 3.63) is 71.8 Å². The molecule has 1 fully saturated rings. The second-order valence-electron chi connectivity index (χ2n) is 6.41. The standard InChI is InChI=1S/C21H23ClO4/c22-20(23)19-12-11-18(15-24-13-16-7-3-1-4-8-16)26-21(19)25-14-17-9-5-2-6-10-17/h1-10,18-19,21H,11-15H2. The smallest absolute Gasteiger partial charge is 0.229 e. The van der Waals surface area contributed by atoms with E-state index in [1.807, 2.05) is 60.7 Å². The number of hydrogen-bond donors (Lipinski definition) is 0. The van der Waals surface area contributed by atoms with Gasteiger partial charge in [0, 0.05) is 0 Å². The molecule has 0 spiro atoms. The van der Waals surface area contributed by atoms with Gasteiger partial charge < -0.3 is 14.2 Å². The van der Waals surface area contributed by atoms with Crippen molar-refractivity contribution in [3.8, 4) is 0 Å². The molecule has 1 heterocycles. The topological polar surface area (TPSA) is 44.8 Å². The summed E-state index contributed by atoms with van der Waals surface area (Å²) >= 11 is 5.74. The van der Waals surface area contributed by atoms with Gasteiger partial charge in [0.1, 0.15) is 0 Å². The van der Waals surface area contributed by atoms with E-state index < -0.39 is 17.5 Å². The quantitative estimate of drug-likeness (QED) is 0.646. The third-order valence-corrected chi connectivity index (χ3v) is 4.70. The molecule has 0 radical (unpaired) electrons. The van der Waals surface area contributed by atoms with Gasteiger partial charge >= 0.3 is 0 Å². The SMILES string of the molecule is O=C(Cl)C1CCC(COCc2ccccc2)OC1OCc1ccccc1. The Morgan fingerprint density at radius 1 is 0.962 bits per heavy atom. The second-order valence-corrected chi connectivity index (χ2v) is 6.78. The summed E-state index contributed by atoms with van der Waals surface area (Å²) in [6, 6.07) is 19.8. The van der Waals surface area contributed by atoms with Gasteiger partial charge in [-0.25, -0.2) is 0 Å². The minimum atomic E-state index is -0.640. The minimum absolute atomic E-state index is 0.105. The maximum Gasteiger partial charge on any atom is 0.229 e. The molecule has 3 atom stereocenters. The summed E-state index contributed by atoms with van der Waals surface area (Å²) < 4.78 is 17.6. The largest absolute Gasteiger partial charge is 0.374 e. The summed E-state index contributed by atoms with van der Waals surface area (Å²) in [5.41, 5.74) is 2.15. The number of carbonyl (C=O) groups excluding carboxylic acids is 1. The van der Waals surface area contributed by atoms with Crippen molar-refractivity contribution in [2.24, 2.45) is 5.92 Å². The van der Waals surface area contributed by atoms with Gasteiger partial charge in [-0.3, -0.25) is 4.79 Å². The highest BCUT2D eigenvalue weighted by Crippen LogP contribution is 2.29. The lowest BCUT2D eigenvalue weighted by Crippen LogP contribution is -2.41. The normalized spacial score (nSPS) is 22.9. The first-order valence-corrected chi connectivity index (χ1v) is 9.22. The van der Waals surface area contributed by atoms with Gasteiger partial charge in [0.25, 0.3) is 0 Å². The Bertz CT molecular complexity index is 677. The van der Waals surface area contributed by atoms with Crippen LogP contribution in [0.3, 0.4) is 0 Å². The van der Waals surface area contributed by atoms with E-state index >= 15 is 0 Å². The van der Waals surface area contributed by atoms with Crippen LogP contribution in [-0.2, 0) is 32.2 Å². The van der Waals surface area contributed by atoms with Gasteiger partial charge in [-0.05, 0) is 35.6 Å². The number of rotatable bonds is 8. The molecule has 0 aliphatic carbocycles. The van der Waals surface area contributed by atoms with E-state index in [0.29, 0.717) is 26.2 Å². The summed E-state index contributed by atoms with van der Waals surface area (Å²) in [6.45, 7) is 1.38. The van der Waals surface area contributed by atoms with Crippen LogP contribution in [0.1, 0.15) is 24.0 Å². The van der Waals surface area contributed by atoms with Crippen LogP contribution in [0, 0.1) is 5.92 Å². The van der Waals surface area contributed by atoms with E-state index in [-0.39, 0.29) is 6.10 Å². The molecule has 5 heteroatoms. The lowest BCUT2D eigenvalue weighted by Gasteiger charge is -2.34. The van der Waals surface area contributed by atoms with Crippen LogP contribution < -0.4 is 0 Å². The van der Waals surface area contributed by atoms with E-state index in [1.54, 1.807) is 0 Å². The number of carbonyl (C=O) groups is 1. The molecule has 4 nitrogen and oxygen atoms in total. The van der Waals surface area contributed by atoms with Gasteiger partial charge in [-0.1, -0.05) is 60.7 Å². The van der Waals surface area contributed by atoms with Crippen molar-refractivity contribution < 1.29 is 19.0 Å². The average molecular weight is 375 g/mol. The van der Waals surface area contributed by atoms with Crippen LogP contribution in [0.4, 0.5) is 0 Å². The number of hydrogen-bond acceptors (Lipinski definition) is 4. The van der Waals surface area contributed by atoms with Crippen molar-refractivity contribution in [1.82, 2.24) is 0 Å². The van der Waals surface area contributed by atoms with E-state index in [0.717, 1.165) is 17.5 Å². The van der Waals surface area contributed by atoms with Gasteiger partial charge in [0.15, 0.2) is 6.29 Å². The van der Waals surface area contributed by atoms with Crippen molar-refractivity contribution in [3.63, 3.8) is 0 Å². The lowest BCUT2D eigenvalue weighted by atomic mass is 9.98. The van der Waals surface area contributed by atoms with Crippen molar-refractivity contribution in [1.29, 1.82) is 0 Å². The molecule has 3 rings (SSSR count). The predicted octanol–water partition coefficient (Wildman–Crippen LogP) is 4.31. The first kappa shape index (κ1) is 19.1. The molecule has 2 aromatic rings. The van der Waals surface area contributed by atoms with Crippen LogP contribution in [0.2, 0.25) is 0 Å². The molecule has 0 saturated carbocycles. The molecule has 2 aromatic carbocycles. The molecule has 0 N–H and O–H groups in total. The van der Waals surface area contributed by atoms with Crippen LogP contribution in [0.15, 0.2) is 60.7 Å². The molecule has 138 valence electrons. The van der Waals surface area contributed by atoms with Crippen molar-refractivity contribution in [2.75, 3.05) is 6.61 Å². The molecular weight excluding hydrogens is 352 g/mol. The zero-order chi connectivity index (χ0) is 18.2. The Labute approximate surface area is 159 Å². The molecule has 26 heavy (non-hydrogen) atoms. The second kappa shape index (κ2) is 9.83. The van der Waals surface area contributed by atoms with E-state index in [1.165, 1.54) is 0 Å². The maximum absolute atomic E-state index is 11.7. The number of benzene rings is 2. The first-order valence-electron chi connectivity index (χ1n) is 8.84. The van der Waals surface area contributed by atoms with Gasteiger partial charge in [0.05, 0.1) is 31.8 Å². The highest BCUT2D eigenvalue weighted by Gasteiger charge is 2.36. The zero-order valence-electron chi connectivity index (χ0n) is 14.6. The number of ether oxygens (including phenoxy) is 3. The molecule has 1 aliphatic rings.